The van der Waals surface area contributed by atoms with Crippen molar-refractivity contribution in [2.75, 3.05) is 11.4 Å². The molecule has 2 aromatic carbocycles. The standard InChI is InChI=1S/C21H26N2O2/c1-15-11-16(2)13-20(12-15)23(18(4)24)10-9-21(25)22-14-19-8-6-5-7-17(19)3/h5-8,11-13H,9-10,14H2,1-4H3,(H,22,25). The van der Waals surface area contributed by atoms with E-state index in [1.54, 1.807) is 4.90 Å². The van der Waals surface area contributed by atoms with Gasteiger partial charge in [-0.3, -0.25) is 9.59 Å². The van der Waals surface area contributed by atoms with E-state index in [0.29, 0.717) is 13.1 Å². The minimum Gasteiger partial charge on any atom is -0.352 e. The minimum atomic E-state index is -0.0586. The third-order valence-electron chi connectivity index (χ3n) is 4.20. The van der Waals surface area contributed by atoms with E-state index in [1.165, 1.54) is 6.92 Å². The molecule has 0 aliphatic rings. The van der Waals surface area contributed by atoms with Crippen molar-refractivity contribution in [1.82, 2.24) is 5.32 Å². The second-order valence-corrected chi connectivity index (χ2v) is 6.47. The lowest BCUT2D eigenvalue weighted by Gasteiger charge is -2.22. The first-order valence-corrected chi connectivity index (χ1v) is 8.54. The summed E-state index contributed by atoms with van der Waals surface area (Å²) >= 11 is 0. The average Bonchev–Trinajstić information content (AvgIpc) is 2.53. The van der Waals surface area contributed by atoms with Crippen LogP contribution in [0.4, 0.5) is 5.69 Å². The number of carbonyl (C=O) groups excluding carboxylic acids is 2. The van der Waals surface area contributed by atoms with E-state index in [0.717, 1.165) is 27.9 Å². The van der Waals surface area contributed by atoms with E-state index >= 15 is 0 Å². The van der Waals surface area contributed by atoms with Gasteiger partial charge in [0.05, 0.1) is 0 Å². The minimum absolute atomic E-state index is 0.0566. The van der Waals surface area contributed by atoms with Crippen molar-refractivity contribution in [2.24, 2.45) is 0 Å². The van der Waals surface area contributed by atoms with E-state index in [4.69, 9.17) is 0 Å². The van der Waals surface area contributed by atoms with Crippen LogP contribution in [-0.2, 0) is 16.1 Å². The summed E-state index contributed by atoms with van der Waals surface area (Å²) in [7, 11) is 0. The fourth-order valence-corrected chi connectivity index (χ4v) is 2.88. The lowest BCUT2D eigenvalue weighted by Crippen LogP contribution is -2.33. The summed E-state index contributed by atoms with van der Waals surface area (Å²) in [5.74, 6) is -0.115. The molecule has 25 heavy (non-hydrogen) atoms. The van der Waals surface area contributed by atoms with Crippen LogP contribution in [0.25, 0.3) is 0 Å². The van der Waals surface area contributed by atoms with Crippen LogP contribution in [0.2, 0.25) is 0 Å². The first kappa shape index (κ1) is 18.7. The van der Waals surface area contributed by atoms with Gasteiger partial charge in [-0.2, -0.15) is 0 Å². The van der Waals surface area contributed by atoms with Crippen LogP contribution in [0.5, 0.6) is 0 Å². The van der Waals surface area contributed by atoms with Gasteiger partial charge < -0.3 is 10.2 Å². The molecule has 0 heterocycles. The van der Waals surface area contributed by atoms with Crippen LogP contribution in [0.1, 0.15) is 35.6 Å². The molecule has 4 nitrogen and oxygen atoms in total. The van der Waals surface area contributed by atoms with E-state index < -0.39 is 0 Å². The quantitative estimate of drug-likeness (QED) is 0.873. The summed E-state index contributed by atoms with van der Waals surface area (Å²) < 4.78 is 0. The van der Waals surface area contributed by atoms with Crippen LogP contribution in [-0.4, -0.2) is 18.4 Å². The number of carbonyl (C=O) groups is 2. The highest BCUT2D eigenvalue weighted by Crippen LogP contribution is 2.19. The van der Waals surface area contributed by atoms with Gasteiger partial charge in [0.15, 0.2) is 0 Å². The van der Waals surface area contributed by atoms with E-state index in [9.17, 15) is 9.59 Å². The van der Waals surface area contributed by atoms with Crippen LogP contribution in [0.15, 0.2) is 42.5 Å². The Morgan fingerprint density at radius 1 is 1.00 bits per heavy atom. The molecule has 0 fully saturated rings. The number of hydrogen-bond acceptors (Lipinski definition) is 2. The van der Waals surface area contributed by atoms with Crippen molar-refractivity contribution in [1.29, 1.82) is 0 Å². The highest BCUT2D eigenvalue weighted by Gasteiger charge is 2.14. The average molecular weight is 338 g/mol. The predicted molar refractivity (Wildman–Crippen MR) is 102 cm³/mol. The number of amides is 2. The summed E-state index contributed by atoms with van der Waals surface area (Å²) in [4.78, 5) is 25.8. The first-order chi connectivity index (χ1) is 11.9. The van der Waals surface area contributed by atoms with Gasteiger partial charge in [0.25, 0.3) is 0 Å². The number of aryl methyl sites for hydroxylation is 3. The molecule has 2 rings (SSSR count). The van der Waals surface area contributed by atoms with Gasteiger partial charge in [-0.15, -0.1) is 0 Å². The highest BCUT2D eigenvalue weighted by molar-refractivity contribution is 5.92. The predicted octanol–water partition coefficient (Wildman–Crippen LogP) is 3.67. The van der Waals surface area contributed by atoms with Gasteiger partial charge >= 0.3 is 0 Å². The van der Waals surface area contributed by atoms with E-state index in [-0.39, 0.29) is 18.2 Å². The fraction of sp³-hybridized carbons (Fsp3) is 0.333. The summed E-state index contributed by atoms with van der Waals surface area (Å²) in [6, 6.07) is 14.0. The van der Waals surface area contributed by atoms with E-state index in [1.807, 2.05) is 57.2 Å². The molecule has 0 aromatic heterocycles. The Labute approximate surface area is 149 Å². The zero-order valence-corrected chi connectivity index (χ0v) is 15.4. The van der Waals surface area contributed by atoms with Crippen molar-refractivity contribution in [3.8, 4) is 0 Å². The summed E-state index contributed by atoms with van der Waals surface area (Å²) in [6.45, 7) is 8.45. The molecule has 0 unspecified atom stereocenters. The molecular weight excluding hydrogens is 312 g/mol. The monoisotopic (exact) mass is 338 g/mol. The first-order valence-electron chi connectivity index (χ1n) is 8.54. The molecule has 0 spiro atoms. The van der Waals surface area contributed by atoms with Gasteiger partial charge in [0.2, 0.25) is 11.8 Å². The molecule has 0 aliphatic carbocycles. The Hall–Kier alpha value is -2.62. The lowest BCUT2D eigenvalue weighted by atomic mass is 10.1. The SMILES string of the molecule is CC(=O)N(CCC(=O)NCc1ccccc1C)c1cc(C)cc(C)c1. The molecule has 132 valence electrons. The normalized spacial score (nSPS) is 10.4. The molecule has 1 N–H and O–H groups in total. The number of nitrogens with one attached hydrogen (secondary N) is 1. The molecule has 0 saturated carbocycles. The number of anilines is 1. The maximum absolute atomic E-state index is 12.2. The maximum Gasteiger partial charge on any atom is 0.223 e. The Kier molecular flexibility index (Phi) is 6.34. The van der Waals surface area contributed by atoms with Gasteiger partial charge in [0, 0.05) is 32.1 Å². The van der Waals surface area contributed by atoms with Crippen molar-refractivity contribution in [3.05, 3.63) is 64.7 Å². The topological polar surface area (TPSA) is 49.4 Å². The summed E-state index contributed by atoms with van der Waals surface area (Å²) in [5, 5.41) is 2.93. The molecule has 2 amide bonds. The Balaban J connectivity index is 1.95. The van der Waals surface area contributed by atoms with Crippen LogP contribution in [0, 0.1) is 20.8 Å². The smallest absolute Gasteiger partial charge is 0.223 e. The Morgan fingerprint density at radius 3 is 2.24 bits per heavy atom. The van der Waals surface area contributed by atoms with E-state index in [2.05, 4.69) is 11.4 Å². The summed E-state index contributed by atoms with van der Waals surface area (Å²) in [6.07, 6.45) is 0.276. The van der Waals surface area contributed by atoms with Gasteiger partial charge in [-0.25, -0.2) is 0 Å². The van der Waals surface area contributed by atoms with Gasteiger partial charge in [0.1, 0.15) is 0 Å². The van der Waals surface area contributed by atoms with Crippen LogP contribution < -0.4 is 10.2 Å². The van der Waals surface area contributed by atoms with Crippen LogP contribution >= 0.6 is 0 Å². The zero-order chi connectivity index (χ0) is 18.4. The molecule has 0 saturated heterocycles. The molecule has 0 bridgehead atoms. The van der Waals surface area contributed by atoms with Gasteiger partial charge in [-0.1, -0.05) is 30.3 Å². The zero-order valence-electron chi connectivity index (χ0n) is 15.4. The third-order valence-corrected chi connectivity index (χ3v) is 4.20. The number of hydrogen-bond donors (Lipinski definition) is 1. The fourth-order valence-electron chi connectivity index (χ4n) is 2.88. The number of benzene rings is 2. The largest absolute Gasteiger partial charge is 0.352 e. The molecule has 0 aliphatic heterocycles. The van der Waals surface area contributed by atoms with Crippen LogP contribution in [0.3, 0.4) is 0 Å². The molecule has 0 radical (unpaired) electrons. The molecular formula is C21H26N2O2. The number of nitrogens with zero attached hydrogens (tertiary/aromatic N) is 1. The highest BCUT2D eigenvalue weighted by atomic mass is 16.2. The Morgan fingerprint density at radius 2 is 1.64 bits per heavy atom. The molecule has 4 heteroatoms. The van der Waals surface area contributed by atoms with Crippen molar-refractivity contribution < 1.29 is 9.59 Å². The number of rotatable bonds is 6. The molecule has 2 aromatic rings. The lowest BCUT2D eigenvalue weighted by molar-refractivity contribution is -0.121. The van der Waals surface area contributed by atoms with Crippen molar-refractivity contribution in [3.63, 3.8) is 0 Å². The second-order valence-electron chi connectivity index (χ2n) is 6.47. The van der Waals surface area contributed by atoms with Crippen molar-refractivity contribution in [2.45, 2.75) is 40.7 Å². The molecule has 0 atom stereocenters. The third kappa shape index (κ3) is 5.45. The second kappa shape index (κ2) is 8.47. The Bertz CT molecular complexity index is 748. The summed E-state index contributed by atoms with van der Waals surface area (Å²) in [5.41, 5.74) is 5.31. The van der Waals surface area contributed by atoms with Gasteiger partial charge in [-0.05, 0) is 55.2 Å². The van der Waals surface area contributed by atoms with Crippen molar-refractivity contribution >= 4 is 17.5 Å². The maximum atomic E-state index is 12.2.